The second-order valence-corrected chi connectivity index (χ2v) is 4.90. The molecule has 1 aliphatic heterocycles. The van der Waals surface area contributed by atoms with Crippen molar-refractivity contribution in [2.24, 2.45) is 0 Å². The van der Waals surface area contributed by atoms with Gasteiger partial charge in [0, 0.05) is 37.7 Å². The second kappa shape index (κ2) is 5.88. The molecule has 3 heterocycles. The zero-order valence-corrected chi connectivity index (χ0v) is 11.1. The standard InChI is InChI=1S/C15H17N3O2/c19-15-10-12(2-6-17-15)11-1-5-16-14(9-11)18-13-3-7-20-8-4-13/h1-2,5-6,9-10,13H,3-4,7-8H2,(H,16,18)(H,17,19). The molecule has 5 nitrogen and oxygen atoms in total. The minimum absolute atomic E-state index is 0.0988. The van der Waals surface area contributed by atoms with Crippen molar-refractivity contribution in [3.63, 3.8) is 0 Å². The van der Waals surface area contributed by atoms with Crippen LogP contribution in [0.25, 0.3) is 11.1 Å². The number of nitrogens with zero attached hydrogens (tertiary/aromatic N) is 1. The molecule has 0 saturated carbocycles. The number of rotatable bonds is 3. The lowest BCUT2D eigenvalue weighted by atomic mass is 10.1. The highest BCUT2D eigenvalue weighted by Crippen LogP contribution is 2.21. The highest BCUT2D eigenvalue weighted by Gasteiger charge is 2.13. The first-order valence-electron chi connectivity index (χ1n) is 6.81. The highest BCUT2D eigenvalue weighted by molar-refractivity contribution is 5.65. The summed E-state index contributed by atoms with van der Waals surface area (Å²) >= 11 is 0. The summed E-state index contributed by atoms with van der Waals surface area (Å²) in [6, 6.07) is 7.77. The average molecular weight is 271 g/mol. The fourth-order valence-corrected chi connectivity index (χ4v) is 2.36. The van der Waals surface area contributed by atoms with E-state index in [2.05, 4.69) is 15.3 Å². The van der Waals surface area contributed by atoms with Gasteiger partial charge in [0.05, 0.1) is 0 Å². The quantitative estimate of drug-likeness (QED) is 0.896. The van der Waals surface area contributed by atoms with E-state index in [-0.39, 0.29) is 5.56 Å². The lowest BCUT2D eigenvalue weighted by Crippen LogP contribution is -2.28. The molecule has 2 aromatic heterocycles. The van der Waals surface area contributed by atoms with E-state index in [1.165, 1.54) is 0 Å². The number of pyridine rings is 2. The van der Waals surface area contributed by atoms with E-state index in [9.17, 15) is 4.79 Å². The Balaban J connectivity index is 1.80. The molecule has 0 aromatic carbocycles. The van der Waals surface area contributed by atoms with E-state index in [0.717, 1.165) is 43.0 Å². The summed E-state index contributed by atoms with van der Waals surface area (Å²) < 4.78 is 5.35. The van der Waals surface area contributed by atoms with Crippen LogP contribution in [0.2, 0.25) is 0 Å². The van der Waals surface area contributed by atoms with Crippen LogP contribution < -0.4 is 10.9 Å². The van der Waals surface area contributed by atoms with Crippen LogP contribution in [0.1, 0.15) is 12.8 Å². The molecule has 0 aliphatic carbocycles. The van der Waals surface area contributed by atoms with Crippen LogP contribution in [-0.2, 0) is 4.74 Å². The van der Waals surface area contributed by atoms with E-state index >= 15 is 0 Å². The first kappa shape index (κ1) is 12.9. The van der Waals surface area contributed by atoms with Gasteiger partial charge in [-0.2, -0.15) is 0 Å². The summed E-state index contributed by atoms with van der Waals surface area (Å²) in [7, 11) is 0. The summed E-state index contributed by atoms with van der Waals surface area (Å²) in [4.78, 5) is 18.3. The molecule has 2 N–H and O–H groups in total. The fraction of sp³-hybridized carbons (Fsp3) is 0.333. The minimum Gasteiger partial charge on any atom is -0.381 e. The molecule has 2 aromatic rings. The second-order valence-electron chi connectivity index (χ2n) is 4.90. The van der Waals surface area contributed by atoms with Gasteiger partial charge < -0.3 is 15.0 Å². The molecule has 1 fully saturated rings. The van der Waals surface area contributed by atoms with Crippen molar-refractivity contribution in [3.05, 3.63) is 47.0 Å². The summed E-state index contributed by atoms with van der Waals surface area (Å²) in [5.41, 5.74) is 1.78. The lowest BCUT2D eigenvalue weighted by molar-refractivity contribution is 0.0904. The van der Waals surface area contributed by atoms with Crippen LogP contribution >= 0.6 is 0 Å². The Bertz CT molecular complexity index is 633. The molecule has 0 amide bonds. The molecule has 0 unspecified atom stereocenters. The molecule has 1 aliphatic rings. The molecular weight excluding hydrogens is 254 g/mol. The number of aromatic nitrogens is 2. The van der Waals surface area contributed by atoms with Crippen molar-refractivity contribution < 1.29 is 4.74 Å². The molecular formula is C15H17N3O2. The lowest BCUT2D eigenvalue weighted by Gasteiger charge is -2.23. The van der Waals surface area contributed by atoms with Gasteiger partial charge in [0.2, 0.25) is 5.56 Å². The first-order valence-corrected chi connectivity index (χ1v) is 6.81. The van der Waals surface area contributed by atoms with Gasteiger partial charge in [-0.15, -0.1) is 0 Å². The van der Waals surface area contributed by atoms with Crippen LogP contribution in [0, 0.1) is 0 Å². The monoisotopic (exact) mass is 271 g/mol. The Hall–Kier alpha value is -2.14. The molecule has 1 saturated heterocycles. The summed E-state index contributed by atoms with van der Waals surface area (Å²) in [5, 5.41) is 3.43. The van der Waals surface area contributed by atoms with E-state index in [0.29, 0.717) is 6.04 Å². The van der Waals surface area contributed by atoms with Crippen LogP contribution in [0.5, 0.6) is 0 Å². The van der Waals surface area contributed by atoms with Gasteiger partial charge in [0.15, 0.2) is 0 Å². The minimum atomic E-state index is -0.0988. The molecule has 0 bridgehead atoms. The number of anilines is 1. The van der Waals surface area contributed by atoms with Gasteiger partial charge in [-0.3, -0.25) is 4.79 Å². The van der Waals surface area contributed by atoms with Crippen molar-refractivity contribution in [2.75, 3.05) is 18.5 Å². The van der Waals surface area contributed by atoms with Crippen LogP contribution in [0.4, 0.5) is 5.82 Å². The maximum Gasteiger partial charge on any atom is 0.248 e. The Morgan fingerprint density at radius 2 is 2.00 bits per heavy atom. The SMILES string of the molecule is O=c1cc(-c2ccnc(NC3CCOCC3)c2)cc[nH]1. The van der Waals surface area contributed by atoms with Gasteiger partial charge in [-0.05, 0) is 42.2 Å². The van der Waals surface area contributed by atoms with Crippen molar-refractivity contribution >= 4 is 5.82 Å². The maximum atomic E-state index is 11.4. The number of H-pyrrole nitrogens is 1. The van der Waals surface area contributed by atoms with Gasteiger partial charge in [0.25, 0.3) is 0 Å². The molecule has 0 spiro atoms. The molecule has 104 valence electrons. The third kappa shape index (κ3) is 3.05. The van der Waals surface area contributed by atoms with Crippen LogP contribution in [0.15, 0.2) is 41.5 Å². The zero-order valence-electron chi connectivity index (χ0n) is 11.1. The molecule has 0 radical (unpaired) electrons. The Morgan fingerprint density at radius 3 is 2.80 bits per heavy atom. The number of aromatic amines is 1. The van der Waals surface area contributed by atoms with E-state index in [1.54, 1.807) is 18.5 Å². The highest BCUT2D eigenvalue weighted by atomic mass is 16.5. The maximum absolute atomic E-state index is 11.4. The third-order valence-corrected chi connectivity index (χ3v) is 3.44. The molecule has 5 heteroatoms. The van der Waals surface area contributed by atoms with Gasteiger partial charge >= 0.3 is 0 Å². The average Bonchev–Trinajstić information content (AvgIpc) is 2.49. The van der Waals surface area contributed by atoms with Gasteiger partial charge in [0.1, 0.15) is 5.82 Å². The predicted octanol–water partition coefficient (Wildman–Crippen LogP) is 2.03. The zero-order chi connectivity index (χ0) is 13.8. The van der Waals surface area contributed by atoms with Gasteiger partial charge in [-0.1, -0.05) is 0 Å². The first-order chi connectivity index (χ1) is 9.81. The Morgan fingerprint density at radius 1 is 1.20 bits per heavy atom. The number of ether oxygens (including phenoxy) is 1. The van der Waals surface area contributed by atoms with E-state index in [4.69, 9.17) is 4.74 Å². The van der Waals surface area contributed by atoms with Crippen molar-refractivity contribution in [2.45, 2.75) is 18.9 Å². The predicted molar refractivity (Wildman–Crippen MR) is 77.8 cm³/mol. The van der Waals surface area contributed by atoms with Crippen molar-refractivity contribution in [3.8, 4) is 11.1 Å². The number of hydrogen-bond acceptors (Lipinski definition) is 4. The molecule has 20 heavy (non-hydrogen) atoms. The van der Waals surface area contributed by atoms with E-state index < -0.39 is 0 Å². The number of nitrogens with one attached hydrogen (secondary N) is 2. The topological polar surface area (TPSA) is 67.0 Å². The Kier molecular flexibility index (Phi) is 3.78. The van der Waals surface area contributed by atoms with Crippen molar-refractivity contribution in [1.82, 2.24) is 9.97 Å². The fourth-order valence-electron chi connectivity index (χ4n) is 2.36. The third-order valence-electron chi connectivity index (χ3n) is 3.44. The summed E-state index contributed by atoms with van der Waals surface area (Å²) in [6.45, 7) is 1.59. The van der Waals surface area contributed by atoms with Gasteiger partial charge in [-0.25, -0.2) is 4.98 Å². The normalized spacial score (nSPS) is 16.0. The van der Waals surface area contributed by atoms with E-state index in [1.807, 2.05) is 18.2 Å². The molecule has 3 rings (SSSR count). The number of hydrogen-bond donors (Lipinski definition) is 2. The Labute approximate surface area is 117 Å². The van der Waals surface area contributed by atoms with Crippen molar-refractivity contribution in [1.29, 1.82) is 0 Å². The van der Waals surface area contributed by atoms with Crippen LogP contribution in [-0.4, -0.2) is 29.2 Å². The van der Waals surface area contributed by atoms with Crippen LogP contribution in [0.3, 0.4) is 0 Å². The summed E-state index contributed by atoms with van der Waals surface area (Å²) in [5.74, 6) is 0.842. The molecule has 0 atom stereocenters. The summed E-state index contributed by atoms with van der Waals surface area (Å²) in [6.07, 6.45) is 5.41. The largest absolute Gasteiger partial charge is 0.381 e. The smallest absolute Gasteiger partial charge is 0.248 e.